The van der Waals surface area contributed by atoms with E-state index in [0.29, 0.717) is 24.4 Å². The van der Waals surface area contributed by atoms with Crippen LogP contribution in [0.25, 0.3) is 0 Å². The molecule has 1 amide bonds. The van der Waals surface area contributed by atoms with Crippen LogP contribution >= 0.6 is 0 Å². The second-order valence-electron chi connectivity index (χ2n) is 9.06. The van der Waals surface area contributed by atoms with Crippen molar-refractivity contribution in [2.45, 2.75) is 48.5 Å². The van der Waals surface area contributed by atoms with Gasteiger partial charge < -0.3 is 19.9 Å². The summed E-state index contributed by atoms with van der Waals surface area (Å²) in [6.07, 6.45) is 2.35. The Labute approximate surface area is 213 Å². The van der Waals surface area contributed by atoms with Crippen molar-refractivity contribution in [3.8, 4) is 5.75 Å². The van der Waals surface area contributed by atoms with Crippen LogP contribution in [-0.2, 0) is 26.1 Å². The third-order valence-electron chi connectivity index (χ3n) is 6.50. The fourth-order valence-corrected chi connectivity index (χ4v) is 5.81. The fraction of sp³-hybridized carbons (Fsp3) is 0.308. The number of hydrogen-bond acceptors (Lipinski definition) is 7. The lowest BCUT2D eigenvalue weighted by Crippen LogP contribution is -2.47. The number of carbonyl (C=O) groups excluding carboxylic acids is 1. The largest absolute Gasteiger partial charge is 0.487 e. The van der Waals surface area contributed by atoms with Crippen molar-refractivity contribution >= 4 is 21.6 Å². The summed E-state index contributed by atoms with van der Waals surface area (Å²) in [4.78, 5) is 16.5. The molecule has 11 heteroatoms. The Kier molecular flexibility index (Phi) is 7.09. The van der Waals surface area contributed by atoms with Gasteiger partial charge in [0.25, 0.3) is 10.0 Å². The number of nitrogens with zero attached hydrogens (tertiary/aromatic N) is 1. The van der Waals surface area contributed by atoms with E-state index in [1.54, 1.807) is 36.7 Å². The van der Waals surface area contributed by atoms with E-state index in [-0.39, 0.29) is 29.7 Å². The van der Waals surface area contributed by atoms with Crippen molar-refractivity contribution in [3.63, 3.8) is 0 Å². The molecule has 37 heavy (non-hydrogen) atoms. The summed E-state index contributed by atoms with van der Waals surface area (Å²) in [6.45, 7) is 0.0609. The summed E-state index contributed by atoms with van der Waals surface area (Å²) in [7, 11) is -3.93. The second-order valence-corrected chi connectivity index (χ2v) is 10.7. The van der Waals surface area contributed by atoms with Crippen LogP contribution in [0.1, 0.15) is 29.9 Å². The average molecular weight is 528 g/mol. The molecule has 0 radical (unpaired) electrons. The minimum Gasteiger partial charge on any atom is -0.487 e. The molecule has 0 unspecified atom stereocenters. The van der Waals surface area contributed by atoms with Gasteiger partial charge in [-0.15, -0.1) is 0 Å². The van der Waals surface area contributed by atoms with Gasteiger partial charge >= 0.3 is 0 Å². The van der Waals surface area contributed by atoms with Crippen molar-refractivity contribution in [1.82, 2.24) is 10.3 Å². The highest BCUT2D eigenvalue weighted by Crippen LogP contribution is 2.47. The van der Waals surface area contributed by atoms with Crippen molar-refractivity contribution in [1.29, 1.82) is 0 Å². The Morgan fingerprint density at radius 3 is 2.70 bits per heavy atom. The zero-order valence-corrected chi connectivity index (χ0v) is 20.5. The number of aliphatic hydroxyl groups excluding tert-OH is 1. The lowest BCUT2D eigenvalue weighted by molar-refractivity contribution is -0.142. The van der Waals surface area contributed by atoms with Crippen LogP contribution in [0.15, 0.2) is 71.9 Å². The van der Waals surface area contributed by atoms with E-state index in [2.05, 4.69) is 15.0 Å². The lowest BCUT2D eigenvalue weighted by Gasteiger charge is -2.37. The molecule has 9 nitrogen and oxygen atoms in total. The number of benzene rings is 2. The minimum absolute atomic E-state index is 0.0627. The highest BCUT2D eigenvalue weighted by atomic mass is 32.2. The van der Waals surface area contributed by atoms with Crippen molar-refractivity contribution in [3.05, 3.63) is 83.9 Å². The molecule has 1 fully saturated rings. The number of aliphatic hydroxyl groups is 1. The third-order valence-corrected chi connectivity index (χ3v) is 7.90. The first kappa shape index (κ1) is 25.1. The van der Waals surface area contributed by atoms with E-state index in [9.17, 15) is 22.7 Å². The molecule has 4 atom stereocenters. The molecular weight excluding hydrogens is 501 g/mol. The summed E-state index contributed by atoms with van der Waals surface area (Å²) in [5.74, 6) is -0.349. The maximum atomic E-state index is 13.2. The minimum atomic E-state index is -3.93. The van der Waals surface area contributed by atoms with Crippen molar-refractivity contribution in [2.24, 2.45) is 0 Å². The molecule has 1 saturated heterocycles. The number of sulfonamides is 1. The smallest absolute Gasteiger partial charge is 0.261 e. The fourth-order valence-electron chi connectivity index (χ4n) is 4.76. The van der Waals surface area contributed by atoms with Crippen LogP contribution in [0.3, 0.4) is 0 Å². The van der Waals surface area contributed by atoms with Crippen molar-refractivity contribution < 1.29 is 32.2 Å². The van der Waals surface area contributed by atoms with E-state index < -0.39 is 34.2 Å². The number of ether oxygens (including phenoxy) is 2. The van der Waals surface area contributed by atoms with E-state index in [4.69, 9.17) is 9.47 Å². The van der Waals surface area contributed by atoms with Gasteiger partial charge in [-0.3, -0.25) is 14.5 Å². The first-order valence-electron chi connectivity index (χ1n) is 11.8. The van der Waals surface area contributed by atoms with Gasteiger partial charge in [-0.2, -0.15) is 0 Å². The predicted octanol–water partition coefficient (Wildman–Crippen LogP) is 2.72. The molecule has 0 aliphatic carbocycles. The van der Waals surface area contributed by atoms with Gasteiger partial charge in [-0.1, -0.05) is 6.07 Å². The molecule has 0 bridgehead atoms. The Balaban J connectivity index is 1.29. The first-order valence-corrected chi connectivity index (χ1v) is 13.3. The average Bonchev–Trinajstić information content (AvgIpc) is 3.25. The van der Waals surface area contributed by atoms with E-state index in [1.165, 1.54) is 12.1 Å². The summed E-state index contributed by atoms with van der Waals surface area (Å²) >= 11 is 0. The second kappa shape index (κ2) is 10.4. The first-order chi connectivity index (χ1) is 17.8. The number of rotatable bonds is 8. The molecule has 3 aromatic rings. The van der Waals surface area contributed by atoms with Gasteiger partial charge in [0.1, 0.15) is 23.8 Å². The SMILES string of the molecule is O=C(C[C@@H]1C[C@@H]2c3cc(NS(=O)(=O)c4ccc(F)cc4)ccc3O[C@@H]2[C@@H](CO)O1)NCc1cccnc1. The molecule has 2 aliphatic rings. The number of fused-ring (bicyclic) bond motifs is 3. The zero-order valence-electron chi connectivity index (χ0n) is 19.7. The Bertz CT molecular complexity index is 1370. The zero-order chi connectivity index (χ0) is 26.0. The standard InChI is InChI=1S/C26H26FN3O6S/c27-17-3-6-20(7-4-17)37(33,34)30-18-5-8-23-21(10-18)22-11-19(35-24(15-31)26(22)36-23)12-25(32)29-14-16-2-1-9-28-13-16/h1-10,13,19,22,24,26,30-31H,11-12,14-15H2,(H,29,32)/t19-,22+,24+,26-/m0/s1. The molecule has 0 saturated carbocycles. The van der Waals surface area contributed by atoms with Crippen LogP contribution in [0.2, 0.25) is 0 Å². The molecule has 2 aliphatic heterocycles. The molecule has 2 aromatic carbocycles. The van der Waals surface area contributed by atoms with Crippen LogP contribution in [0.5, 0.6) is 5.75 Å². The highest BCUT2D eigenvalue weighted by Gasteiger charge is 2.46. The number of anilines is 1. The quantitative estimate of drug-likeness (QED) is 0.411. The van der Waals surface area contributed by atoms with Crippen LogP contribution in [0.4, 0.5) is 10.1 Å². The molecule has 194 valence electrons. The monoisotopic (exact) mass is 527 g/mol. The number of halogens is 1. The van der Waals surface area contributed by atoms with Gasteiger partial charge in [-0.05, 0) is 60.5 Å². The summed E-state index contributed by atoms with van der Waals surface area (Å²) in [6, 6.07) is 13.2. The number of nitrogens with one attached hydrogen (secondary N) is 2. The number of aromatic nitrogens is 1. The van der Waals surface area contributed by atoms with Crippen LogP contribution in [0, 0.1) is 5.82 Å². The van der Waals surface area contributed by atoms with E-state index in [1.807, 2.05) is 6.07 Å². The van der Waals surface area contributed by atoms with Crippen LogP contribution in [-0.4, -0.2) is 49.3 Å². The predicted molar refractivity (Wildman–Crippen MR) is 132 cm³/mol. The van der Waals surface area contributed by atoms with Gasteiger partial charge in [0.05, 0.1) is 24.0 Å². The highest BCUT2D eigenvalue weighted by molar-refractivity contribution is 7.92. The number of amides is 1. The van der Waals surface area contributed by atoms with E-state index >= 15 is 0 Å². The maximum absolute atomic E-state index is 13.2. The van der Waals surface area contributed by atoms with Gasteiger partial charge in [0.15, 0.2) is 0 Å². The number of pyridine rings is 1. The molecule has 3 N–H and O–H groups in total. The summed E-state index contributed by atoms with van der Waals surface area (Å²) < 4.78 is 53.3. The third kappa shape index (κ3) is 5.58. The maximum Gasteiger partial charge on any atom is 0.261 e. The Morgan fingerprint density at radius 2 is 1.97 bits per heavy atom. The summed E-state index contributed by atoms with van der Waals surface area (Å²) in [5.41, 5.74) is 1.97. The van der Waals surface area contributed by atoms with E-state index in [0.717, 1.165) is 23.3 Å². The molecule has 5 rings (SSSR count). The lowest BCUT2D eigenvalue weighted by atomic mass is 9.84. The topological polar surface area (TPSA) is 127 Å². The Hall–Kier alpha value is -3.54. The van der Waals surface area contributed by atoms with Gasteiger partial charge in [-0.25, -0.2) is 12.8 Å². The van der Waals surface area contributed by atoms with Gasteiger partial charge in [0, 0.05) is 36.1 Å². The Morgan fingerprint density at radius 1 is 1.16 bits per heavy atom. The molecular formula is C26H26FN3O6S. The van der Waals surface area contributed by atoms with Crippen LogP contribution < -0.4 is 14.8 Å². The van der Waals surface area contributed by atoms with Gasteiger partial charge in [0.2, 0.25) is 5.91 Å². The summed E-state index contributed by atoms with van der Waals surface area (Å²) in [5, 5.41) is 12.8. The number of hydrogen-bond donors (Lipinski definition) is 3. The number of carbonyl (C=O) groups is 1. The molecule has 3 heterocycles. The molecule has 0 spiro atoms. The van der Waals surface area contributed by atoms with Crippen molar-refractivity contribution in [2.75, 3.05) is 11.3 Å². The molecule has 1 aromatic heterocycles. The normalized spacial score (nSPS) is 22.4.